The highest BCUT2D eigenvalue weighted by Gasteiger charge is 2.29. The smallest absolute Gasteiger partial charge is 0.331 e. The van der Waals surface area contributed by atoms with E-state index in [0.717, 1.165) is 34.9 Å². The van der Waals surface area contributed by atoms with Gasteiger partial charge in [-0.25, -0.2) is 14.1 Å². The van der Waals surface area contributed by atoms with Gasteiger partial charge in [0.25, 0.3) is 5.56 Å². The molecule has 0 bridgehead atoms. The van der Waals surface area contributed by atoms with Crippen molar-refractivity contribution in [1.82, 2.24) is 18.7 Å². The Bertz CT molecular complexity index is 1710. The number of benzene rings is 1. The average molecular weight is 519 g/mol. The van der Waals surface area contributed by atoms with Crippen molar-refractivity contribution in [3.8, 4) is 0 Å². The molecule has 0 saturated carbocycles. The second kappa shape index (κ2) is 9.64. The van der Waals surface area contributed by atoms with E-state index in [1.54, 1.807) is 20.0 Å². The van der Waals surface area contributed by atoms with E-state index >= 15 is 0 Å². The molecule has 4 N–H and O–H groups in total. The number of aryl methyl sites for hydroxylation is 2. The predicted molar refractivity (Wildman–Crippen MR) is 149 cm³/mol. The molecule has 3 aromatic heterocycles. The fourth-order valence-electron chi connectivity index (χ4n) is 5.40. The van der Waals surface area contributed by atoms with Crippen LogP contribution in [0.5, 0.6) is 0 Å². The van der Waals surface area contributed by atoms with Crippen molar-refractivity contribution in [3.63, 3.8) is 0 Å². The second-order valence-corrected chi connectivity index (χ2v) is 10.3. The maximum atomic E-state index is 14.0. The summed E-state index contributed by atoms with van der Waals surface area (Å²) in [5.74, 6) is 0.758. The number of hydrogen-bond acceptors (Lipinski definition) is 7. The van der Waals surface area contributed by atoms with Crippen molar-refractivity contribution in [3.05, 3.63) is 73.5 Å². The van der Waals surface area contributed by atoms with Crippen molar-refractivity contribution >= 4 is 33.4 Å². The lowest BCUT2D eigenvalue weighted by atomic mass is 10.1. The van der Waals surface area contributed by atoms with Gasteiger partial charge in [0.2, 0.25) is 0 Å². The van der Waals surface area contributed by atoms with E-state index < -0.39 is 11.2 Å². The number of para-hydroxylation sites is 1. The van der Waals surface area contributed by atoms with Crippen LogP contribution in [-0.2, 0) is 20.1 Å². The van der Waals surface area contributed by atoms with Crippen LogP contribution in [0.15, 0.2) is 45.5 Å². The largest absolute Gasteiger partial charge is 0.710 e. The van der Waals surface area contributed by atoms with Gasteiger partial charge >= 0.3 is 11.5 Å². The Morgan fingerprint density at radius 3 is 2.66 bits per heavy atom. The summed E-state index contributed by atoms with van der Waals surface area (Å²) in [5, 5.41) is 13.8. The Hall–Kier alpha value is -4.12. The number of nitrogens with zero attached hydrogens (tertiary/aromatic N) is 6. The lowest BCUT2D eigenvalue weighted by molar-refractivity contribution is -0.623. The van der Waals surface area contributed by atoms with Crippen molar-refractivity contribution in [1.29, 1.82) is 0 Å². The third-order valence-corrected chi connectivity index (χ3v) is 7.37. The molecule has 1 aliphatic rings. The Balaban J connectivity index is 1.76. The van der Waals surface area contributed by atoms with Gasteiger partial charge in [0.15, 0.2) is 5.52 Å². The number of aromatic nitrogens is 5. The Labute approximate surface area is 219 Å². The first-order chi connectivity index (χ1) is 18.1. The molecule has 0 radical (unpaired) electrons. The Kier molecular flexibility index (Phi) is 6.47. The van der Waals surface area contributed by atoms with Crippen LogP contribution in [0, 0.1) is 12.1 Å². The van der Waals surface area contributed by atoms with Gasteiger partial charge in [-0.1, -0.05) is 23.8 Å². The van der Waals surface area contributed by atoms with Gasteiger partial charge in [0, 0.05) is 32.7 Å². The van der Waals surface area contributed by atoms with Crippen molar-refractivity contribution in [2.24, 2.45) is 12.8 Å². The molecular formula is C27H34N8O3. The molecule has 5 rings (SSSR count). The fourth-order valence-corrected chi connectivity index (χ4v) is 5.40. The molecule has 1 aliphatic heterocycles. The zero-order chi connectivity index (χ0) is 27.3. The maximum Gasteiger partial charge on any atom is 0.331 e. The molecule has 0 amide bonds. The molecule has 1 saturated heterocycles. The van der Waals surface area contributed by atoms with E-state index in [1.807, 2.05) is 42.7 Å². The zero-order valence-electron chi connectivity index (χ0n) is 22.3. The molecule has 0 aliphatic carbocycles. The summed E-state index contributed by atoms with van der Waals surface area (Å²) >= 11 is 0. The van der Waals surface area contributed by atoms with Gasteiger partial charge in [-0.05, 0) is 50.7 Å². The first-order valence-electron chi connectivity index (χ1n) is 12.8. The highest BCUT2D eigenvalue weighted by atomic mass is 16.5. The lowest BCUT2D eigenvalue weighted by Crippen LogP contribution is -2.45. The maximum absolute atomic E-state index is 14.0. The van der Waals surface area contributed by atoms with Crippen LogP contribution < -0.4 is 32.3 Å². The van der Waals surface area contributed by atoms with E-state index in [-0.39, 0.29) is 18.4 Å². The van der Waals surface area contributed by atoms with Crippen molar-refractivity contribution in [2.75, 3.05) is 23.7 Å². The molecule has 200 valence electrons. The minimum atomic E-state index is -0.567. The van der Waals surface area contributed by atoms with Crippen LogP contribution in [-0.4, -0.2) is 37.8 Å². The zero-order valence-corrected chi connectivity index (χ0v) is 22.3. The van der Waals surface area contributed by atoms with E-state index in [9.17, 15) is 14.8 Å². The summed E-state index contributed by atoms with van der Waals surface area (Å²) in [6.07, 6.45) is 3.84. The number of nitrogen functional groups attached to an aromatic ring is 1. The minimum absolute atomic E-state index is 0.00624. The van der Waals surface area contributed by atoms with E-state index in [4.69, 9.17) is 11.5 Å². The topological polar surface area (TPSA) is 144 Å². The van der Waals surface area contributed by atoms with Crippen LogP contribution >= 0.6 is 0 Å². The third-order valence-electron chi connectivity index (χ3n) is 7.37. The summed E-state index contributed by atoms with van der Waals surface area (Å²) in [5.41, 5.74) is 15.1. The van der Waals surface area contributed by atoms with Crippen molar-refractivity contribution < 1.29 is 4.73 Å². The first kappa shape index (κ1) is 25.5. The standard InChI is InChI=1S/C27H34N8O3/c1-16(2)11-13-33-24-23(22(29)25(33)32-12-7-8-18(28)14-32)31(4)27(37)34(26(24)36)15-21-30-20-10-6-5-9-19(20)17(3)35(21)38/h5-6,9-11,18H,7-8,12-15,28-29H2,1-4H3/t18-/m0/s1. The van der Waals surface area contributed by atoms with Crippen LogP contribution in [0.4, 0.5) is 11.5 Å². The second-order valence-electron chi connectivity index (χ2n) is 10.3. The number of fused-ring (bicyclic) bond motifs is 2. The predicted octanol–water partition coefficient (Wildman–Crippen LogP) is 1.52. The lowest BCUT2D eigenvalue weighted by Gasteiger charge is -2.33. The Morgan fingerprint density at radius 1 is 1.21 bits per heavy atom. The number of hydrogen-bond donors (Lipinski definition) is 2. The molecule has 4 heterocycles. The highest BCUT2D eigenvalue weighted by molar-refractivity contribution is 5.96. The van der Waals surface area contributed by atoms with Gasteiger partial charge in [-0.15, -0.1) is 0 Å². The monoisotopic (exact) mass is 518 g/mol. The highest BCUT2D eigenvalue weighted by Crippen LogP contribution is 2.35. The van der Waals surface area contributed by atoms with Crippen molar-refractivity contribution in [2.45, 2.75) is 52.7 Å². The molecule has 11 nitrogen and oxygen atoms in total. The number of nitrogens with two attached hydrogens (primary N) is 2. The van der Waals surface area contributed by atoms with Crippen LogP contribution in [0.2, 0.25) is 0 Å². The SMILES string of the molecule is CC(C)=CCn1c(N2CCC[C@H](N)C2)c(N)c2c1c(=O)n(Cc1nc3ccccc3c(C)[n+]1[O-])c(=O)n2C. The molecule has 0 spiro atoms. The number of piperidine rings is 1. The molecule has 1 aromatic carbocycles. The summed E-state index contributed by atoms with van der Waals surface area (Å²) < 4.78 is 5.02. The number of allylic oxidation sites excluding steroid dienone is 2. The number of rotatable bonds is 5. The summed E-state index contributed by atoms with van der Waals surface area (Å²) in [6, 6.07) is 7.28. The average Bonchev–Trinajstić information content (AvgIpc) is 3.18. The molecular weight excluding hydrogens is 484 g/mol. The number of anilines is 2. The van der Waals surface area contributed by atoms with Gasteiger partial charge in [-0.2, -0.15) is 0 Å². The van der Waals surface area contributed by atoms with Gasteiger partial charge in [0.05, 0.1) is 11.1 Å². The summed E-state index contributed by atoms with van der Waals surface area (Å²) in [6.45, 7) is 7.16. The van der Waals surface area contributed by atoms with Crippen LogP contribution in [0.25, 0.3) is 21.9 Å². The van der Waals surface area contributed by atoms with Crippen LogP contribution in [0.1, 0.15) is 38.2 Å². The molecule has 4 aromatic rings. The fraction of sp³-hybridized carbons (Fsp3) is 0.407. The summed E-state index contributed by atoms with van der Waals surface area (Å²) in [4.78, 5) is 34.1. The van der Waals surface area contributed by atoms with Gasteiger partial charge < -0.3 is 26.1 Å². The minimum Gasteiger partial charge on any atom is -0.710 e. The van der Waals surface area contributed by atoms with E-state index in [0.29, 0.717) is 51.6 Å². The summed E-state index contributed by atoms with van der Waals surface area (Å²) in [7, 11) is 1.60. The molecule has 11 heteroatoms. The van der Waals surface area contributed by atoms with E-state index in [2.05, 4.69) is 9.88 Å². The van der Waals surface area contributed by atoms with Gasteiger partial charge in [-0.3, -0.25) is 9.36 Å². The quantitative estimate of drug-likeness (QED) is 0.231. The molecule has 0 unspecified atom stereocenters. The molecule has 1 fully saturated rings. The van der Waals surface area contributed by atoms with E-state index in [1.165, 1.54) is 4.57 Å². The third kappa shape index (κ3) is 4.12. The van der Waals surface area contributed by atoms with Gasteiger partial charge in [0.1, 0.15) is 29.1 Å². The normalized spacial score (nSPS) is 15.9. The first-order valence-corrected chi connectivity index (χ1v) is 12.8. The Morgan fingerprint density at radius 2 is 1.95 bits per heavy atom. The van der Waals surface area contributed by atoms with Crippen LogP contribution in [0.3, 0.4) is 0 Å². The molecule has 38 heavy (non-hydrogen) atoms. The molecule has 1 atom stereocenters.